The van der Waals surface area contributed by atoms with Gasteiger partial charge < -0.3 is 35.5 Å². The van der Waals surface area contributed by atoms with Crippen molar-refractivity contribution in [3.8, 4) is 0 Å². The SMILES string of the molecule is CCN(CC(C)(C)[S-])C(C)C[N-]CC(C)(C)[S-].[O]=[Tc+3]. The third kappa shape index (κ3) is 15.3. The van der Waals surface area contributed by atoms with Gasteiger partial charge in [0.1, 0.15) is 0 Å². The summed E-state index contributed by atoms with van der Waals surface area (Å²) in [5, 5.41) is 4.56. The van der Waals surface area contributed by atoms with Crippen LogP contribution in [-0.2, 0) is 47.6 Å². The third-order valence-electron chi connectivity index (χ3n) is 2.50. The molecule has 0 aliphatic carbocycles. The van der Waals surface area contributed by atoms with Crippen LogP contribution in [-0.4, -0.2) is 46.6 Å². The zero-order chi connectivity index (χ0) is 15.7. The normalized spacial score (nSPS) is 13.9. The van der Waals surface area contributed by atoms with Crippen molar-refractivity contribution in [2.24, 2.45) is 0 Å². The fraction of sp³-hybridized carbons (Fsp3) is 1.00. The van der Waals surface area contributed by atoms with Gasteiger partial charge in [-0.3, -0.25) is 0 Å². The monoisotopic (exact) mass is 388 g/mol. The molecule has 1 atom stereocenters. The number of rotatable bonds is 8. The third-order valence-corrected chi connectivity index (χ3v) is 2.76. The van der Waals surface area contributed by atoms with Gasteiger partial charge in [0.15, 0.2) is 0 Å². The van der Waals surface area contributed by atoms with Crippen molar-refractivity contribution in [1.82, 2.24) is 4.90 Å². The fourth-order valence-corrected chi connectivity index (χ4v) is 1.96. The zero-order valence-electron chi connectivity index (χ0n) is 12.9. The summed E-state index contributed by atoms with van der Waals surface area (Å²) >= 11 is 11.6. The summed E-state index contributed by atoms with van der Waals surface area (Å²) in [7, 11) is 0. The molecule has 0 aromatic carbocycles. The topological polar surface area (TPSA) is 34.4 Å². The van der Waals surface area contributed by atoms with Gasteiger partial charge in [-0.15, -0.1) is 11.3 Å². The molecule has 0 aromatic heterocycles. The molecule has 0 amide bonds. The molecule has 0 aliphatic rings. The van der Waals surface area contributed by atoms with Gasteiger partial charge in [0.05, 0.1) is 0 Å². The van der Waals surface area contributed by atoms with Crippen molar-refractivity contribution in [2.75, 3.05) is 26.2 Å². The summed E-state index contributed by atoms with van der Waals surface area (Å²) in [4.78, 5) is 2.40. The van der Waals surface area contributed by atoms with Gasteiger partial charge in [-0.05, 0) is 19.1 Å². The molecule has 0 aromatic rings. The van der Waals surface area contributed by atoms with E-state index in [4.69, 9.17) is 28.8 Å². The van der Waals surface area contributed by atoms with E-state index in [9.17, 15) is 0 Å². The summed E-state index contributed by atoms with van der Waals surface area (Å²) in [5.74, 6) is 0. The van der Waals surface area contributed by atoms with Gasteiger partial charge in [0, 0.05) is 0 Å². The first kappa shape index (κ1) is 22.4. The molecule has 3 nitrogen and oxygen atoms in total. The molecule has 0 fully saturated rings. The fourth-order valence-electron chi connectivity index (χ4n) is 1.70. The molecule has 0 radical (unpaired) electrons. The first-order valence-corrected chi connectivity index (χ1v) is 8.06. The Morgan fingerprint density at radius 2 is 1.63 bits per heavy atom. The Labute approximate surface area is 140 Å². The first-order valence-electron chi connectivity index (χ1n) is 6.49. The predicted molar refractivity (Wildman–Crippen MR) is 83.4 cm³/mol. The van der Waals surface area contributed by atoms with Crippen LogP contribution in [0.15, 0.2) is 0 Å². The second-order valence-electron chi connectivity index (χ2n) is 6.00. The Morgan fingerprint density at radius 1 is 1.16 bits per heavy atom. The molecule has 19 heavy (non-hydrogen) atoms. The van der Waals surface area contributed by atoms with Crippen molar-refractivity contribution >= 4 is 25.3 Å². The number of likely N-dealkylation sites (N-methyl/N-ethyl adjacent to an activating group) is 1. The molecule has 0 rings (SSSR count). The van der Waals surface area contributed by atoms with E-state index < -0.39 is 0 Å². The quantitative estimate of drug-likeness (QED) is 0.598. The molecule has 0 spiro atoms. The second kappa shape index (κ2) is 10.7. The van der Waals surface area contributed by atoms with E-state index in [2.05, 4.69) is 37.9 Å². The summed E-state index contributed by atoms with van der Waals surface area (Å²) < 4.78 is 8.04. The van der Waals surface area contributed by atoms with Gasteiger partial charge >= 0.3 is 22.4 Å². The molecule has 0 bridgehead atoms. The summed E-state index contributed by atoms with van der Waals surface area (Å²) in [6.07, 6.45) is 0. The van der Waals surface area contributed by atoms with Crippen molar-refractivity contribution in [2.45, 2.75) is 57.1 Å². The van der Waals surface area contributed by atoms with Crippen LogP contribution in [0.25, 0.3) is 5.32 Å². The summed E-state index contributed by atoms with van der Waals surface area (Å²) in [6, 6.07) is 0.444. The molecular formula is C13H27N2OS2Tc. The molecule has 1 unspecified atom stereocenters. The van der Waals surface area contributed by atoms with E-state index >= 15 is 0 Å². The second-order valence-corrected chi connectivity index (χ2v) is 8.21. The Morgan fingerprint density at radius 3 is 1.95 bits per heavy atom. The van der Waals surface area contributed by atoms with Gasteiger partial charge in [-0.1, -0.05) is 41.5 Å². The summed E-state index contributed by atoms with van der Waals surface area (Å²) in [6.45, 7) is 16.2. The van der Waals surface area contributed by atoms with Gasteiger partial charge in [0.25, 0.3) is 0 Å². The molecule has 114 valence electrons. The van der Waals surface area contributed by atoms with Crippen molar-refractivity contribution in [3.63, 3.8) is 0 Å². The first-order chi connectivity index (χ1) is 8.55. The van der Waals surface area contributed by atoms with E-state index in [1.807, 2.05) is 13.8 Å². The van der Waals surface area contributed by atoms with Crippen LogP contribution >= 0.6 is 0 Å². The van der Waals surface area contributed by atoms with Crippen LogP contribution < -0.4 is 0 Å². The number of hydrogen-bond donors (Lipinski definition) is 0. The van der Waals surface area contributed by atoms with E-state index in [1.165, 1.54) is 0 Å². The van der Waals surface area contributed by atoms with E-state index in [1.54, 1.807) is 0 Å². The van der Waals surface area contributed by atoms with Crippen LogP contribution in [0.1, 0.15) is 41.5 Å². The van der Waals surface area contributed by atoms with E-state index in [0.717, 1.165) is 45.0 Å². The molecule has 6 heteroatoms. The van der Waals surface area contributed by atoms with Crippen molar-refractivity contribution < 1.29 is 22.4 Å². The Hall–Kier alpha value is 1.07. The minimum atomic E-state index is -0.117. The minimum absolute atomic E-state index is 0.0679. The Bertz CT molecular complexity index is 230. The molecular weight excluding hydrogens is 362 g/mol. The van der Waals surface area contributed by atoms with Crippen LogP contribution in [0, 0.1) is 0 Å². The number of hydrogen-bond acceptors (Lipinski definition) is 4. The predicted octanol–water partition coefficient (Wildman–Crippen LogP) is 2.60. The standard InChI is InChI=1S/C13H29N2S2.O.Tc/c1-7-15(10-13(5,6)17)11(2)8-14-9-12(3,4)16;;/h11,16-17H,7-10H2,1-6H3;;/q-1;;+3/p-2. The number of nitrogens with zero attached hydrogens (tertiary/aromatic N) is 2. The Balaban J connectivity index is 0. The average molecular weight is 390 g/mol. The molecule has 0 aliphatic heterocycles. The van der Waals surface area contributed by atoms with Crippen LogP contribution in [0.4, 0.5) is 0 Å². The average Bonchev–Trinajstić information content (AvgIpc) is 2.25. The molecule has 0 saturated carbocycles. The maximum absolute atomic E-state index is 8.22. The van der Waals surface area contributed by atoms with Crippen molar-refractivity contribution in [1.29, 1.82) is 0 Å². The van der Waals surface area contributed by atoms with E-state index in [0.29, 0.717) is 6.04 Å². The summed E-state index contributed by atoms with van der Waals surface area (Å²) in [5.41, 5.74) is 0. The van der Waals surface area contributed by atoms with Crippen LogP contribution in [0.5, 0.6) is 0 Å². The molecule has 0 saturated heterocycles. The molecule has 0 heterocycles. The molecule has 0 N–H and O–H groups in total. The Kier molecular flexibility index (Phi) is 12.6. The van der Waals surface area contributed by atoms with Gasteiger partial charge in [-0.2, -0.15) is 11.3 Å². The van der Waals surface area contributed by atoms with E-state index in [-0.39, 0.29) is 9.49 Å². The van der Waals surface area contributed by atoms with Gasteiger partial charge in [0.2, 0.25) is 0 Å². The van der Waals surface area contributed by atoms with Crippen molar-refractivity contribution in [3.05, 3.63) is 5.32 Å². The maximum atomic E-state index is 8.22. The zero-order valence-corrected chi connectivity index (χ0v) is 16.4. The van der Waals surface area contributed by atoms with Crippen LogP contribution in [0.2, 0.25) is 0 Å². The van der Waals surface area contributed by atoms with Gasteiger partial charge in [-0.25, -0.2) is 0 Å². The van der Waals surface area contributed by atoms with Crippen LogP contribution in [0.3, 0.4) is 0 Å².